The number of nitrogens with one attached hydrogen (secondary N) is 2. The third kappa shape index (κ3) is 7.12. The number of carbonyl (C=O) groups excluding carboxylic acids is 1. The molecule has 0 radical (unpaired) electrons. The van der Waals surface area contributed by atoms with Gasteiger partial charge in [0.05, 0.1) is 12.7 Å². The summed E-state index contributed by atoms with van der Waals surface area (Å²) in [6.07, 6.45) is 4.72. The van der Waals surface area contributed by atoms with Gasteiger partial charge in [-0.15, -0.1) is 0 Å². The molecule has 0 aromatic heterocycles. The Labute approximate surface area is 124 Å². The van der Waals surface area contributed by atoms with E-state index in [9.17, 15) is 9.59 Å². The summed E-state index contributed by atoms with van der Waals surface area (Å²) in [5.74, 6) is -0.526. The van der Waals surface area contributed by atoms with Crippen molar-refractivity contribution in [1.29, 1.82) is 0 Å². The Morgan fingerprint density at radius 3 is 2.75 bits per heavy atom. The van der Waals surface area contributed by atoms with Crippen LogP contribution in [0.4, 0.5) is 0 Å². The molecule has 1 aliphatic heterocycles. The Morgan fingerprint density at radius 1 is 1.45 bits per heavy atom. The molecule has 0 saturated carbocycles. The third-order valence-electron chi connectivity index (χ3n) is 3.21. The number of aliphatic carboxylic acids is 1. The Balaban J connectivity index is 2.18. The number of piperidine rings is 1. The molecule has 7 heteroatoms. The fourth-order valence-corrected chi connectivity index (χ4v) is 2.51. The van der Waals surface area contributed by atoms with Gasteiger partial charge in [0, 0.05) is 6.42 Å². The van der Waals surface area contributed by atoms with Gasteiger partial charge in [-0.3, -0.25) is 4.79 Å². The maximum absolute atomic E-state index is 11.7. The second-order valence-electron chi connectivity index (χ2n) is 4.81. The van der Waals surface area contributed by atoms with Crippen LogP contribution in [0.5, 0.6) is 0 Å². The Hall–Kier alpha value is -0.790. The number of carboxylic acid groups (broad SMARTS) is 1. The van der Waals surface area contributed by atoms with Crippen LogP contribution in [0.3, 0.4) is 0 Å². The fourth-order valence-electron chi connectivity index (χ4n) is 2.04. The molecule has 1 fully saturated rings. The van der Waals surface area contributed by atoms with Gasteiger partial charge in [0.15, 0.2) is 0 Å². The molecule has 0 bridgehead atoms. The Bertz CT molecular complexity index is 309. The molecule has 0 unspecified atom stereocenters. The van der Waals surface area contributed by atoms with Gasteiger partial charge >= 0.3 is 5.97 Å². The molecule has 1 saturated heterocycles. The van der Waals surface area contributed by atoms with Gasteiger partial charge in [-0.05, 0) is 44.4 Å². The van der Waals surface area contributed by atoms with Crippen molar-refractivity contribution in [3.8, 4) is 0 Å². The number of amides is 1. The molecule has 1 rings (SSSR count). The largest absolute Gasteiger partial charge is 0.480 e. The monoisotopic (exact) mass is 304 g/mol. The van der Waals surface area contributed by atoms with Crippen LogP contribution in [-0.4, -0.2) is 60.8 Å². The van der Waals surface area contributed by atoms with Crippen LogP contribution in [0.25, 0.3) is 0 Å². The standard InChI is InChI=1S/C13H24N2O4S/c1-20-9-5-11(13(17)18)15-12(16)4-8-19-10-2-6-14-7-3-10/h10-11,14H,2-9H2,1H3,(H,15,16)(H,17,18)/t11-/m1/s1. The van der Waals surface area contributed by atoms with E-state index in [-0.39, 0.29) is 18.4 Å². The molecule has 1 aliphatic rings. The second kappa shape index (κ2) is 10.0. The normalized spacial score (nSPS) is 17.6. The average molecular weight is 304 g/mol. The molecule has 3 N–H and O–H groups in total. The lowest BCUT2D eigenvalue weighted by molar-refractivity contribution is -0.142. The summed E-state index contributed by atoms with van der Waals surface area (Å²) >= 11 is 1.57. The van der Waals surface area contributed by atoms with Gasteiger partial charge in [0.1, 0.15) is 6.04 Å². The van der Waals surface area contributed by atoms with E-state index in [1.165, 1.54) is 0 Å². The minimum Gasteiger partial charge on any atom is -0.480 e. The predicted molar refractivity (Wildman–Crippen MR) is 79.0 cm³/mol. The summed E-state index contributed by atoms with van der Waals surface area (Å²) < 4.78 is 5.62. The minimum absolute atomic E-state index is 0.215. The first kappa shape index (κ1) is 17.3. The van der Waals surface area contributed by atoms with Crippen molar-refractivity contribution >= 4 is 23.6 Å². The lowest BCUT2D eigenvalue weighted by Crippen LogP contribution is -2.41. The zero-order valence-electron chi connectivity index (χ0n) is 11.9. The van der Waals surface area contributed by atoms with Crippen LogP contribution in [-0.2, 0) is 14.3 Å². The Morgan fingerprint density at radius 2 is 2.15 bits per heavy atom. The first-order valence-electron chi connectivity index (χ1n) is 6.97. The van der Waals surface area contributed by atoms with Gasteiger partial charge in [0.25, 0.3) is 0 Å². The molecular formula is C13H24N2O4S. The summed E-state index contributed by atoms with van der Waals surface area (Å²) in [7, 11) is 0. The zero-order valence-corrected chi connectivity index (χ0v) is 12.7. The van der Waals surface area contributed by atoms with Gasteiger partial charge in [0.2, 0.25) is 5.91 Å². The van der Waals surface area contributed by atoms with E-state index in [0.717, 1.165) is 25.9 Å². The summed E-state index contributed by atoms with van der Waals surface area (Å²) in [4.78, 5) is 22.7. The number of hydrogen-bond acceptors (Lipinski definition) is 5. The highest BCUT2D eigenvalue weighted by Crippen LogP contribution is 2.07. The van der Waals surface area contributed by atoms with E-state index in [1.807, 2.05) is 6.26 Å². The van der Waals surface area contributed by atoms with Crippen molar-refractivity contribution < 1.29 is 19.4 Å². The number of hydrogen-bond donors (Lipinski definition) is 3. The summed E-state index contributed by atoms with van der Waals surface area (Å²) in [6.45, 7) is 2.25. The molecule has 116 valence electrons. The maximum atomic E-state index is 11.7. The molecule has 0 aliphatic carbocycles. The van der Waals surface area contributed by atoms with E-state index in [4.69, 9.17) is 9.84 Å². The van der Waals surface area contributed by atoms with E-state index in [1.54, 1.807) is 11.8 Å². The van der Waals surface area contributed by atoms with Gasteiger partial charge in [-0.25, -0.2) is 4.79 Å². The van der Waals surface area contributed by atoms with E-state index in [2.05, 4.69) is 10.6 Å². The molecule has 20 heavy (non-hydrogen) atoms. The molecule has 6 nitrogen and oxygen atoms in total. The lowest BCUT2D eigenvalue weighted by atomic mass is 10.1. The van der Waals surface area contributed by atoms with Crippen LogP contribution in [0, 0.1) is 0 Å². The number of carboxylic acids is 1. The van der Waals surface area contributed by atoms with Gasteiger partial charge < -0.3 is 20.5 Å². The molecule has 0 spiro atoms. The van der Waals surface area contributed by atoms with Crippen molar-refractivity contribution in [2.24, 2.45) is 0 Å². The van der Waals surface area contributed by atoms with Crippen LogP contribution < -0.4 is 10.6 Å². The van der Waals surface area contributed by atoms with Crippen molar-refractivity contribution in [2.45, 2.75) is 37.8 Å². The van der Waals surface area contributed by atoms with E-state index >= 15 is 0 Å². The summed E-state index contributed by atoms with van der Waals surface area (Å²) in [5, 5.41) is 14.8. The minimum atomic E-state index is -0.980. The number of thioether (sulfide) groups is 1. The highest BCUT2D eigenvalue weighted by molar-refractivity contribution is 7.98. The topological polar surface area (TPSA) is 87.7 Å². The van der Waals surface area contributed by atoms with Crippen molar-refractivity contribution in [2.75, 3.05) is 31.7 Å². The van der Waals surface area contributed by atoms with Crippen LogP contribution in [0.2, 0.25) is 0 Å². The zero-order chi connectivity index (χ0) is 14.8. The van der Waals surface area contributed by atoms with Crippen LogP contribution >= 0.6 is 11.8 Å². The maximum Gasteiger partial charge on any atom is 0.326 e. The molecule has 1 heterocycles. The van der Waals surface area contributed by atoms with E-state index < -0.39 is 12.0 Å². The van der Waals surface area contributed by atoms with Gasteiger partial charge in [-0.1, -0.05) is 0 Å². The third-order valence-corrected chi connectivity index (χ3v) is 3.86. The first-order valence-corrected chi connectivity index (χ1v) is 8.36. The average Bonchev–Trinajstić information content (AvgIpc) is 2.44. The number of carbonyl (C=O) groups is 2. The fraction of sp³-hybridized carbons (Fsp3) is 0.846. The molecule has 1 amide bonds. The lowest BCUT2D eigenvalue weighted by Gasteiger charge is -2.23. The number of rotatable bonds is 9. The molecule has 0 aromatic carbocycles. The van der Waals surface area contributed by atoms with Crippen LogP contribution in [0.15, 0.2) is 0 Å². The van der Waals surface area contributed by atoms with Crippen LogP contribution in [0.1, 0.15) is 25.7 Å². The van der Waals surface area contributed by atoms with Crippen molar-refractivity contribution in [1.82, 2.24) is 10.6 Å². The Kier molecular flexibility index (Phi) is 8.64. The molecule has 1 atom stereocenters. The van der Waals surface area contributed by atoms with Crippen molar-refractivity contribution in [3.05, 3.63) is 0 Å². The quantitative estimate of drug-likeness (QED) is 0.574. The second-order valence-corrected chi connectivity index (χ2v) is 5.80. The van der Waals surface area contributed by atoms with Gasteiger partial charge in [-0.2, -0.15) is 11.8 Å². The number of ether oxygens (including phenoxy) is 1. The van der Waals surface area contributed by atoms with Crippen molar-refractivity contribution in [3.63, 3.8) is 0 Å². The highest BCUT2D eigenvalue weighted by Gasteiger charge is 2.19. The van der Waals surface area contributed by atoms with E-state index in [0.29, 0.717) is 18.8 Å². The summed E-state index contributed by atoms with van der Waals surface area (Å²) in [6, 6.07) is -0.797. The highest BCUT2D eigenvalue weighted by atomic mass is 32.2. The molecular weight excluding hydrogens is 280 g/mol. The predicted octanol–water partition coefficient (Wildman–Crippen LogP) is 0.468. The smallest absolute Gasteiger partial charge is 0.326 e. The summed E-state index contributed by atoms with van der Waals surface area (Å²) in [5.41, 5.74) is 0. The SMILES string of the molecule is CSCC[C@@H](NC(=O)CCOC1CCNCC1)C(=O)O. The first-order chi connectivity index (χ1) is 9.63. The molecule has 0 aromatic rings.